The second-order valence-electron chi connectivity index (χ2n) is 12.7. The van der Waals surface area contributed by atoms with Gasteiger partial charge in [0.1, 0.15) is 17.7 Å². The molecule has 2 unspecified atom stereocenters. The van der Waals surface area contributed by atoms with Gasteiger partial charge in [-0.05, 0) is 98.1 Å². The summed E-state index contributed by atoms with van der Waals surface area (Å²) in [5.74, 6) is -0.300. The Hall–Kier alpha value is -2.57. The summed E-state index contributed by atoms with van der Waals surface area (Å²) in [4.78, 5) is 42.6. The van der Waals surface area contributed by atoms with Gasteiger partial charge in [-0.1, -0.05) is 37.6 Å². The maximum atomic E-state index is 14.3. The molecule has 0 heterocycles. The second-order valence-corrected chi connectivity index (χ2v) is 12.7. The third kappa shape index (κ3) is 8.52. The number of hydrogen-bond acceptors (Lipinski definition) is 4. The van der Waals surface area contributed by atoms with Gasteiger partial charge in [0.2, 0.25) is 11.8 Å². The van der Waals surface area contributed by atoms with Crippen LogP contribution in [-0.2, 0) is 14.3 Å². The van der Waals surface area contributed by atoms with E-state index in [-0.39, 0.29) is 23.8 Å². The van der Waals surface area contributed by atoms with Gasteiger partial charge in [-0.2, -0.15) is 0 Å². The lowest BCUT2D eigenvalue weighted by molar-refractivity contribution is -0.148. The quantitative estimate of drug-likeness (QED) is 0.487. The Bertz CT molecular complexity index is 939. The third-order valence-corrected chi connectivity index (χ3v) is 6.17. The van der Waals surface area contributed by atoms with Crippen molar-refractivity contribution in [3.8, 4) is 0 Å². The highest BCUT2D eigenvalue weighted by Crippen LogP contribution is 2.36. The molecule has 1 saturated carbocycles. The first-order valence-corrected chi connectivity index (χ1v) is 13.2. The molecule has 3 amide bonds. The maximum Gasteiger partial charge on any atom is 0.408 e. The van der Waals surface area contributed by atoms with E-state index in [1.54, 1.807) is 25.7 Å². The smallest absolute Gasteiger partial charge is 0.408 e. The number of carbonyl (C=O) groups is 3. The molecule has 0 spiro atoms. The number of nitrogens with zero attached hydrogens (tertiary/aromatic N) is 1. The van der Waals surface area contributed by atoms with Crippen LogP contribution in [0, 0.1) is 19.8 Å². The van der Waals surface area contributed by atoms with Gasteiger partial charge >= 0.3 is 6.09 Å². The largest absolute Gasteiger partial charge is 0.444 e. The molecule has 1 aromatic rings. The van der Waals surface area contributed by atoms with E-state index in [0.717, 1.165) is 36.0 Å². The first-order chi connectivity index (χ1) is 16.5. The van der Waals surface area contributed by atoms with Crippen molar-refractivity contribution in [3.05, 3.63) is 34.9 Å². The van der Waals surface area contributed by atoms with Crippen LogP contribution in [0.5, 0.6) is 0 Å². The molecule has 7 heteroatoms. The van der Waals surface area contributed by atoms with Gasteiger partial charge in [0, 0.05) is 11.6 Å². The van der Waals surface area contributed by atoms with Crippen LogP contribution >= 0.6 is 0 Å². The summed E-state index contributed by atoms with van der Waals surface area (Å²) in [5.41, 5.74) is 1.64. The minimum absolute atomic E-state index is 0.0665. The van der Waals surface area contributed by atoms with Crippen molar-refractivity contribution in [2.75, 3.05) is 0 Å². The van der Waals surface area contributed by atoms with Crippen molar-refractivity contribution in [2.24, 2.45) is 5.92 Å². The summed E-state index contributed by atoms with van der Waals surface area (Å²) < 4.78 is 5.47. The molecule has 0 aromatic heterocycles. The summed E-state index contributed by atoms with van der Waals surface area (Å²) in [7, 11) is 0. The average Bonchev–Trinajstić information content (AvgIpc) is 2.64. The standard InChI is InChI=1S/C29H47N3O4/c1-18(2)16-23(30-27(35)36-29(8,9)10)26(34)32(21-12-11-13-21)24(25(33)31-28(5,6)7)22-17-19(3)14-15-20(22)4/h14-15,17-18,21,23-24H,11-13,16H2,1-10H3,(H,30,35)(H,31,33). The van der Waals surface area contributed by atoms with E-state index in [1.807, 2.05) is 66.7 Å². The number of alkyl carbamates (subject to hydrolysis) is 1. The van der Waals surface area contributed by atoms with Crippen LogP contribution in [0.4, 0.5) is 4.79 Å². The molecule has 2 atom stereocenters. The zero-order chi connectivity index (χ0) is 27.4. The van der Waals surface area contributed by atoms with Crippen molar-refractivity contribution in [3.63, 3.8) is 0 Å². The Morgan fingerprint density at radius 2 is 1.67 bits per heavy atom. The van der Waals surface area contributed by atoms with Gasteiger partial charge < -0.3 is 20.3 Å². The number of ether oxygens (including phenoxy) is 1. The molecule has 1 aromatic carbocycles. The van der Waals surface area contributed by atoms with Crippen LogP contribution < -0.4 is 10.6 Å². The molecule has 1 fully saturated rings. The molecule has 0 aliphatic heterocycles. The lowest BCUT2D eigenvalue weighted by Gasteiger charge is -2.44. The lowest BCUT2D eigenvalue weighted by atomic mass is 9.86. The molecule has 0 saturated heterocycles. The number of amides is 3. The summed E-state index contributed by atoms with van der Waals surface area (Å²) in [6.45, 7) is 19.2. The van der Waals surface area contributed by atoms with Crippen molar-refractivity contribution in [2.45, 2.75) is 124 Å². The number of benzene rings is 1. The number of hydrogen-bond donors (Lipinski definition) is 2. The van der Waals surface area contributed by atoms with Crippen LogP contribution in [0.15, 0.2) is 18.2 Å². The Balaban J connectivity index is 2.57. The highest BCUT2D eigenvalue weighted by atomic mass is 16.6. The maximum absolute atomic E-state index is 14.3. The molecule has 1 aliphatic carbocycles. The first-order valence-electron chi connectivity index (χ1n) is 13.2. The monoisotopic (exact) mass is 501 g/mol. The molecule has 2 N–H and O–H groups in total. The number of aryl methyl sites for hydroxylation is 2. The van der Waals surface area contributed by atoms with Crippen molar-refractivity contribution < 1.29 is 19.1 Å². The molecule has 1 aliphatic rings. The fourth-order valence-corrected chi connectivity index (χ4v) is 4.42. The topological polar surface area (TPSA) is 87.7 Å². The van der Waals surface area contributed by atoms with Gasteiger partial charge in [0.25, 0.3) is 0 Å². The van der Waals surface area contributed by atoms with E-state index in [4.69, 9.17) is 4.74 Å². The highest BCUT2D eigenvalue weighted by Gasteiger charge is 2.43. The summed E-state index contributed by atoms with van der Waals surface area (Å²) in [6, 6.07) is 4.35. The first kappa shape index (κ1) is 29.7. The molecule has 0 bridgehead atoms. The molecule has 36 heavy (non-hydrogen) atoms. The molecule has 7 nitrogen and oxygen atoms in total. The Morgan fingerprint density at radius 1 is 1.06 bits per heavy atom. The minimum atomic E-state index is -0.796. The zero-order valence-corrected chi connectivity index (χ0v) is 24.0. The Morgan fingerprint density at radius 3 is 2.14 bits per heavy atom. The van der Waals surface area contributed by atoms with E-state index in [1.165, 1.54) is 0 Å². The van der Waals surface area contributed by atoms with Crippen LogP contribution in [0.25, 0.3) is 0 Å². The Labute approximate surface area is 217 Å². The predicted octanol–water partition coefficient (Wildman–Crippen LogP) is 5.58. The summed E-state index contributed by atoms with van der Waals surface area (Å²) in [6.07, 6.45) is 2.48. The van der Waals surface area contributed by atoms with Crippen molar-refractivity contribution in [1.29, 1.82) is 0 Å². The summed E-state index contributed by atoms with van der Waals surface area (Å²) in [5, 5.41) is 5.93. The number of carbonyl (C=O) groups excluding carboxylic acids is 3. The lowest BCUT2D eigenvalue weighted by Crippen LogP contribution is -2.59. The van der Waals surface area contributed by atoms with E-state index in [2.05, 4.69) is 10.6 Å². The second kappa shape index (κ2) is 11.7. The minimum Gasteiger partial charge on any atom is -0.444 e. The number of nitrogens with one attached hydrogen (secondary N) is 2. The average molecular weight is 502 g/mol. The molecular formula is C29H47N3O4. The highest BCUT2D eigenvalue weighted by molar-refractivity contribution is 5.93. The molecular weight excluding hydrogens is 454 g/mol. The van der Waals surface area contributed by atoms with Gasteiger partial charge in [0.05, 0.1) is 0 Å². The summed E-state index contributed by atoms with van der Waals surface area (Å²) >= 11 is 0. The zero-order valence-electron chi connectivity index (χ0n) is 24.0. The number of rotatable bonds is 8. The third-order valence-electron chi connectivity index (χ3n) is 6.17. The van der Waals surface area contributed by atoms with Crippen LogP contribution in [0.2, 0.25) is 0 Å². The SMILES string of the molecule is Cc1ccc(C)c(C(C(=O)NC(C)(C)C)N(C(=O)C(CC(C)C)NC(=O)OC(C)(C)C)C2CCC2)c1. The van der Waals surface area contributed by atoms with Crippen LogP contribution in [0.1, 0.15) is 104 Å². The van der Waals surface area contributed by atoms with Crippen LogP contribution in [0.3, 0.4) is 0 Å². The van der Waals surface area contributed by atoms with E-state index in [0.29, 0.717) is 6.42 Å². The fourth-order valence-electron chi connectivity index (χ4n) is 4.42. The normalized spacial score (nSPS) is 16.1. The van der Waals surface area contributed by atoms with Gasteiger partial charge in [-0.25, -0.2) is 4.79 Å². The van der Waals surface area contributed by atoms with Gasteiger partial charge in [0.15, 0.2) is 0 Å². The van der Waals surface area contributed by atoms with E-state index >= 15 is 0 Å². The predicted molar refractivity (Wildman–Crippen MR) is 144 cm³/mol. The van der Waals surface area contributed by atoms with Crippen molar-refractivity contribution >= 4 is 17.9 Å². The van der Waals surface area contributed by atoms with Crippen LogP contribution in [-0.4, -0.2) is 46.0 Å². The molecule has 202 valence electrons. The van der Waals surface area contributed by atoms with E-state index < -0.39 is 29.3 Å². The molecule has 0 radical (unpaired) electrons. The van der Waals surface area contributed by atoms with Gasteiger partial charge in [-0.15, -0.1) is 0 Å². The Kier molecular flexibility index (Phi) is 9.60. The van der Waals surface area contributed by atoms with E-state index in [9.17, 15) is 14.4 Å². The fraction of sp³-hybridized carbons (Fsp3) is 0.690. The molecule has 2 rings (SSSR count). The van der Waals surface area contributed by atoms with Crippen molar-refractivity contribution in [1.82, 2.24) is 15.5 Å². The van der Waals surface area contributed by atoms with Gasteiger partial charge in [-0.3, -0.25) is 9.59 Å².